The molecule has 3 aromatic rings. The van der Waals surface area contributed by atoms with E-state index in [9.17, 15) is 4.79 Å². The molecule has 0 bridgehead atoms. The van der Waals surface area contributed by atoms with Gasteiger partial charge in [-0.3, -0.25) is 20.0 Å². The molecule has 1 heterocycles. The van der Waals surface area contributed by atoms with Crippen LogP contribution in [-0.4, -0.2) is 21.1 Å². The molecular formula is C16H12ClIN4O2. The molecule has 0 radical (unpaired) electrons. The van der Waals surface area contributed by atoms with E-state index in [0.717, 1.165) is 14.8 Å². The molecule has 0 fully saturated rings. The SMILES string of the molecule is Cc1cc(I)ccc1Nc1c(C(=O)NO)cc(Cl)c2nccnc12. The summed E-state index contributed by atoms with van der Waals surface area (Å²) in [5.41, 5.74) is 4.98. The zero-order valence-electron chi connectivity index (χ0n) is 12.5. The van der Waals surface area contributed by atoms with Crippen LogP contribution in [0.4, 0.5) is 11.4 Å². The third kappa shape index (κ3) is 3.14. The van der Waals surface area contributed by atoms with Gasteiger partial charge in [-0.15, -0.1) is 0 Å². The van der Waals surface area contributed by atoms with Crippen molar-refractivity contribution in [2.45, 2.75) is 6.92 Å². The van der Waals surface area contributed by atoms with Crippen molar-refractivity contribution in [3.05, 3.63) is 56.4 Å². The van der Waals surface area contributed by atoms with Gasteiger partial charge in [0.2, 0.25) is 0 Å². The Morgan fingerprint density at radius 2 is 1.92 bits per heavy atom. The molecular weight excluding hydrogens is 443 g/mol. The van der Waals surface area contributed by atoms with E-state index < -0.39 is 5.91 Å². The molecule has 0 aliphatic heterocycles. The molecule has 0 saturated heterocycles. The van der Waals surface area contributed by atoms with E-state index in [1.54, 1.807) is 5.48 Å². The number of hydrogen-bond donors (Lipinski definition) is 3. The normalized spacial score (nSPS) is 10.7. The van der Waals surface area contributed by atoms with Gasteiger partial charge in [0.15, 0.2) is 0 Å². The first-order valence-corrected chi connectivity index (χ1v) is 8.37. The highest BCUT2D eigenvalue weighted by Gasteiger charge is 2.19. The molecule has 0 aliphatic carbocycles. The molecule has 0 atom stereocenters. The third-order valence-electron chi connectivity index (χ3n) is 3.50. The summed E-state index contributed by atoms with van der Waals surface area (Å²) < 4.78 is 1.10. The van der Waals surface area contributed by atoms with Crippen molar-refractivity contribution in [2.24, 2.45) is 0 Å². The molecule has 8 heteroatoms. The number of carbonyl (C=O) groups is 1. The minimum atomic E-state index is -0.685. The largest absolute Gasteiger partial charge is 0.353 e. The summed E-state index contributed by atoms with van der Waals surface area (Å²) in [4.78, 5) is 20.6. The number of nitrogens with one attached hydrogen (secondary N) is 2. The Morgan fingerprint density at radius 3 is 2.58 bits per heavy atom. The molecule has 0 saturated carbocycles. The van der Waals surface area contributed by atoms with Crippen LogP contribution in [0, 0.1) is 10.5 Å². The summed E-state index contributed by atoms with van der Waals surface area (Å²) in [5.74, 6) is -0.685. The van der Waals surface area contributed by atoms with Crippen molar-refractivity contribution in [3.8, 4) is 0 Å². The first-order valence-electron chi connectivity index (χ1n) is 6.92. The van der Waals surface area contributed by atoms with Gasteiger partial charge in [-0.2, -0.15) is 0 Å². The summed E-state index contributed by atoms with van der Waals surface area (Å²) >= 11 is 8.43. The Kier molecular flexibility index (Phi) is 4.83. The second-order valence-corrected chi connectivity index (χ2v) is 6.71. The number of anilines is 2. The maximum Gasteiger partial charge on any atom is 0.276 e. The van der Waals surface area contributed by atoms with Gasteiger partial charge in [0.1, 0.15) is 11.0 Å². The quantitative estimate of drug-likeness (QED) is 0.316. The number of rotatable bonds is 3. The topological polar surface area (TPSA) is 87.1 Å². The lowest BCUT2D eigenvalue weighted by Gasteiger charge is -2.15. The predicted molar refractivity (Wildman–Crippen MR) is 101 cm³/mol. The number of aromatic nitrogens is 2. The number of hydrogen-bond acceptors (Lipinski definition) is 5. The summed E-state index contributed by atoms with van der Waals surface area (Å²) in [6, 6.07) is 7.33. The van der Waals surface area contributed by atoms with E-state index in [4.69, 9.17) is 16.8 Å². The lowest BCUT2D eigenvalue weighted by Crippen LogP contribution is -2.20. The van der Waals surface area contributed by atoms with Gasteiger partial charge in [-0.05, 0) is 59.3 Å². The third-order valence-corrected chi connectivity index (χ3v) is 4.46. The van der Waals surface area contributed by atoms with Gasteiger partial charge in [0.05, 0.1) is 16.3 Å². The van der Waals surface area contributed by atoms with E-state index >= 15 is 0 Å². The Balaban J connectivity index is 2.24. The van der Waals surface area contributed by atoms with Crippen LogP contribution in [0.25, 0.3) is 11.0 Å². The minimum absolute atomic E-state index is 0.174. The number of carbonyl (C=O) groups excluding carboxylic acids is 1. The summed E-state index contributed by atoms with van der Waals surface area (Å²) in [7, 11) is 0. The van der Waals surface area contributed by atoms with Crippen LogP contribution in [0.5, 0.6) is 0 Å². The molecule has 0 spiro atoms. The molecule has 2 aromatic carbocycles. The zero-order chi connectivity index (χ0) is 17.3. The lowest BCUT2D eigenvalue weighted by molar-refractivity contribution is 0.0707. The van der Waals surface area contributed by atoms with Crippen molar-refractivity contribution in [1.29, 1.82) is 0 Å². The highest BCUT2D eigenvalue weighted by molar-refractivity contribution is 14.1. The van der Waals surface area contributed by atoms with E-state index in [1.165, 1.54) is 18.5 Å². The average Bonchev–Trinajstić information content (AvgIpc) is 2.58. The number of aryl methyl sites for hydroxylation is 1. The number of fused-ring (bicyclic) bond motifs is 1. The van der Waals surface area contributed by atoms with Crippen LogP contribution in [-0.2, 0) is 0 Å². The fourth-order valence-corrected chi connectivity index (χ4v) is 3.25. The van der Waals surface area contributed by atoms with Crippen LogP contribution < -0.4 is 10.8 Å². The molecule has 122 valence electrons. The molecule has 1 aromatic heterocycles. The maximum atomic E-state index is 12.1. The van der Waals surface area contributed by atoms with Gasteiger partial charge in [0.25, 0.3) is 5.91 Å². The number of amides is 1. The van der Waals surface area contributed by atoms with Crippen molar-refractivity contribution >= 4 is 62.5 Å². The number of nitrogens with zero attached hydrogens (tertiary/aromatic N) is 2. The summed E-state index contributed by atoms with van der Waals surface area (Å²) in [5, 5.41) is 12.5. The molecule has 3 rings (SSSR count). The highest BCUT2D eigenvalue weighted by Crippen LogP contribution is 2.34. The second-order valence-electron chi connectivity index (χ2n) is 5.06. The van der Waals surface area contributed by atoms with E-state index in [-0.39, 0.29) is 10.6 Å². The van der Waals surface area contributed by atoms with E-state index in [0.29, 0.717) is 16.7 Å². The first kappa shape index (κ1) is 16.9. The van der Waals surface area contributed by atoms with Gasteiger partial charge in [-0.1, -0.05) is 11.6 Å². The van der Waals surface area contributed by atoms with Crippen LogP contribution in [0.2, 0.25) is 5.02 Å². The van der Waals surface area contributed by atoms with Crippen LogP contribution in [0.1, 0.15) is 15.9 Å². The maximum absolute atomic E-state index is 12.1. The van der Waals surface area contributed by atoms with Crippen molar-refractivity contribution in [2.75, 3.05) is 5.32 Å². The molecule has 24 heavy (non-hydrogen) atoms. The van der Waals surface area contributed by atoms with E-state index in [2.05, 4.69) is 37.9 Å². The van der Waals surface area contributed by atoms with Gasteiger partial charge < -0.3 is 5.32 Å². The van der Waals surface area contributed by atoms with Crippen LogP contribution >= 0.6 is 34.2 Å². The van der Waals surface area contributed by atoms with Crippen molar-refractivity contribution in [1.82, 2.24) is 15.4 Å². The predicted octanol–water partition coefficient (Wildman–Crippen LogP) is 4.06. The Bertz CT molecular complexity index is 949. The number of halogens is 2. The molecule has 1 amide bonds. The summed E-state index contributed by atoms with van der Waals surface area (Å²) in [6.45, 7) is 1.96. The Morgan fingerprint density at radius 1 is 1.21 bits per heavy atom. The molecule has 6 nitrogen and oxygen atoms in total. The Labute approximate surface area is 156 Å². The zero-order valence-corrected chi connectivity index (χ0v) is 15.4. The monoisotopic (exact) mass is 454 g/mol. The molecule has 3 N–H and O–H groups in total. The van der Waals surface area contributed by atoms with Gasteiger partial charge in [-0.25, -0.2) is 5.48 Å². The smallest absolute Gasteiger partial charge is 0.276 e. The molecule has 0 unspecified atom stereocenters. The average molecular weight is 455 g/mol. The molecule has 0 aliphatic rings. The second kappa shape index (κ2) is 6.88. The highest BCUT2D eigenvalue weighted by atomic mass is 127. The minimum Gasteiger partial charge on any atom is -0.353 e. The standard InChI is InChI=1S/C16H12ClIN4O2/c1-8-6-9(18)2-3-12(8)21-13-10(16(23)22-24)7-11(17)14-15(13)20-5-4-19-14/h2-7,21,24H,1H3,(H,22,23). The van der Waals surface area contributed by atoms with Crippen LogP contribution in [0.15, 0.2) is 36.7 Å². The van der Waals surface area contributed by atoms with Crippen molar-refractivity contribution < 1.29 is 10.0 Å². The van der Waals surface area contributed by atoms with Gasteiger partial charge in [0, 0.05) is 21.7 Å². The lowest BCUT2D eigenvalue weighted by atomic mass is 10.1. The van der Waals surface area contributed by atoms with Crippen LogP contribution in [0.3, 0.4) is 0 Å². The van der Waals surface area contributed by atoms with E-state index in [1.807, 2.05) is 25.1 Å². The Hall–Kier alpha value is -1.97. The first-order chi connectivity index (χ1) is 11.5. The number of benzene rings is 2. The van der Waals surface area contributed by atoms with Gasteiger partial charge >= 0.3 is 0 Å². The number of hydroxylamine groups is 1. The fraction of sp³-hybridized carbons (Fsp3) is 0.0625. The summed E-state index contributed by atoms with van der Waals surface area (Å²) in [6.07, 6.45) is 3.05. The van der Waals surface area contributed by atoms with Crippen molar-refractivity contribution in [3.63, 3.8) is 0 Å². The fourth-order valence-electron chi connectivity index (χ4n) is 2.36.